The lowest BCUT2D eigenvalue weighted by Crippen LogP contribution is -1.96. The summed E-state index contributed by atoms with van der Waals surface area (Å²) in [5.74, 6) is 0.295. The number of aryl methyl sites for hydroxylation is 1. The van der Waals surface area contributed by atoms with E-state index in [1.54, 1.807) is 30.3 Å². The maximum Gasteiger partial charge on any atom is 0.157 e. The van der Waals surface area contributed by atoms with E-state index in [1.165, 1.54) is 6.07 Å². The maximum absolute atomic E-state index is 12.8. The second-order valence-corrected chi connectivity index (χ2v) is 3.15. The number of halogens is 1. The molecule has 0 N–H and O–H groups in total. The Morgan fingerprint density at radius 1 is 1.40 bits per heavy atom. The molecule has 5 heteroatoms. The summed E-state index contributed by atoms with van der Waals surface area (Å²) < 4.78 is 19.8. The van der Waals surface area contributed by atoms with Gasteiger partial charge < -0.3 is 4.74 Å². The monoisotopic (exact) mass is 207 g/mol. The largest absolute Gasteiger partial charge is 0.486 e. The van der Waals surface area contributed by atoms with Crippen molar-refractivity contribution in [3.63, 3.8) is 0 Å². The zero-order chi connectivity index (χ0) is 10.7. The smallest absolute Gasteiger partial charge is 0.157 e. The van der Waals surface area contributed by atoms with Crippen LogP contribution in [0.5, 0.6) is 5.75 Å². The molecule has 0 fully saturated rings. The van der Waals surface area contributed by atoms with Gasteiger partial charge in [-0.15, -0.1) is 0 Å². The number of rotatable bonds is 3. The van der Waals surface area contributed by atoms with E-state index in [0.717, 1.165) is 6.20 Å². The van der Waals surface area contributed by atoms with Gasteiger partial charge in [-0.3, -0.25) is 9.67 Å². The Morgan fingerprint density at radius 2 is 2.27 bits per heavy atom. The number of hydrogen-bond acceptors (Lipinski definition) is 3. The van der Waals surface area contributed by atoms with Gasteiger partial charge in [0.15, 0.2) is 5.75 Å². The van der Waals surface area contributed by atoms with E-state index in [-0.39, 0.29) is 12.4 Å². The summed E-state index contributed by atoms with van der Waals surface area (Å²) in [6.45, 7) is 0.288. The highest BCUT2D eigenvalue weighted by atomic mass is 19.1. The first kappa shape index (κ1) is 9.64. The molecule has 2 heterocycles. The van der Waals surface area contributed by atoms with Crippen LogP contribution in [-0.4, -0.2) is 14.8 Å². The highest BCUT2D eigenvalue weighted by Crippen LogP contribution is 2.10. The van der Waals surface area contributed by atoms with Crippen LogP contribution in [0, 0.1) is 5.82 Å². The molecule has 0 bridgehead atoms. The zero-order valence-corrected chi connectivity index (χ0v) is 8.22. The predicted molar refractivity (Wildman–Crippen MR) is 51.7 cm³/mol. The number of pyridine rings is 1. The number of ether oxygens (including phenoxy) is 1. The first-order chi connectivity index (χ1) is 7.24. The van der Waals surface area contributed by atoms with E-state index < -0.39 is 0 Å². The minimum Gasteiger partial charge on any atom is -0.486 e. The molecule has 0 aliphatic carbocycles. The Bertz CT molecular complexity index is 455. The lowest BCUT2D eigenvalue weighted by molar-refractivity contribution is 0.304. The van der Waals surface area contributed by atoms with Crippen LogP contribution in [0.3, 0.4) is 0 Å². The second kappa shape index (κ2) is 4.08. The molecule has 0 radical (unpaired) electrons. The zero-order valence-electron chi connectivity index (χ0n) is 8.22. The van der Waals surface area contributed by atoms with Crippen molar-refractivity contribution in [2.24, 2.45) is 7.05 Å². The quantitative estimate of drug-likeness (QED) is 0.766. The van der Waals surface area contributed by atoms with Crippen molar-refractivity contribution in [3.8, 4) is 5.75 Å². The van der Waals surface area contributed by atoms with Crippen molar-refractivity contribution >= 4 is 0 Å². The van der Waals surface area contributed by atoms with Crippen LogP contribution in [0.2, 0.25) is 0 Å². The normalized spacial score (nSPS) is 10.3. The highest BCUT2D eigenvalue weighted by Gasteiger charge is 1.99. The molecule has 0 atom stereocenters. The molecule has 2 aromatic rings. The minimum absolute atomic E-state index is 0.288. The van der Waals surface area contributed by atoms with Crippen molar-refractivity contribution < 1.29 is 9.13 Å². The predicted octanol–water partition coefficient (Wildman–Crippen LogP) is 1.53. The molecule has 2 aromatic heterocycles. The molecule has 0 saturated carbocycles. The highest BCUT2D eigenvalue weighted by molar-refractivity contribution is 5.14. The van der Waals surface area contributed by atoms with Crippen LogP contribution >= 0.6 is 0 Å². The lowest BCUT2D eigenvalue weighted by Gasteiger charge is -2.02. The molecule has 0 aliphatic heterocycles. The van der Waals surface area contributed by atoms with Crippen LogP contribution in [0.15, 0.2) is 30.9 Å². The molecule has 15 heavy (non-hydrogen) atoms. The fourth-order valence-electron chi connectivity index (χ4n) is 1.17. The Balaban J connectivity index is 1.99. The molecule has 0 aromatic carbocycles. The van der Waals surface area contributed by atoms with Gasteiger partial charge in [0, 0.05) is 18.8 Å². The van der Waals surface area contributed by atoms with Crippen LogP contribution in [-0.2, 0) is 13.7 Å². The first-order valence-corrected chi connectivity index (χ1v) is 4.45. The average molecular weight is 207 g/mol. The van der Waals surface area contributed by atoms with Crippen LogP contribution in [0.4, 0.5) is 4.39 Å². The molecule has 0 spiro atoms. The SMILES string of the molecule is Cn1cc(OCc2cncc(F)c2)cn1. The maximum atomic E-state index is 12.8. The molecule has 0 aliphatic rings. The minimum atomic E-state index is -0.359. The van der Waals surface area contributed by atoms with E-state index in [2.05, 4.69) is 10.1 Å². The van der Waals surface area contributed by atoms with Gasteiger partial charge in [0.1, 0.15) is 12.4 Å². The summed E-state index contributed by atoms with van der Waals surface area (Å²) in [5, 5.41) is 3.95. The summed E-state index contributed by atoms with van der Waals surface area (Å²) in [6.07, 6.45) is 6.08. The standard InChI is InChI=1S/C10H10FN3O/c1-14-6-10(5-13-14)15-7-8-2-9(11)4-12-3-8/h2-6H,7H2,1H3. The summed E-state index contributed by atoms with van der Waals surface area (Å²) in [6, 6.07) is 1.39. The third-order valence-corrected chi connectivity index (χ3v) is 1.85. The van der Waals surface area contributed by atoms with E-state index in [0.29, 0.717) is 11.3 Å². The molecule has 0 saturated heterocycles. The van der Waals surface area contributed by atoms with Crippen molar-refractivity contribution in [1.29, 1.82) is 0 Å². The Labute approximate surface area is 86.3 Å². The van der Waals surface area contributed by atoms with Gasteiger partial charge in [-0.25, -0.2) is 4.39 Å². The van der Waals surface area contributed by atoms with Gasteiger partial charge in [-0.05, 0) is 6.07 Å². The Hall–Kier alpha value is -1.91. The van der Waals surface area contributed by atoms with Gasteiger partial charge >= 0.3 is 0 Å². The summed E-state index contributed by atoms with van der Waals surface area (Å²) in [7, 11) is 1.80. The van der Waals surface area contributed by atoms with Crippen molar-refractivity contribution in [2.75, 3.05) is 0 Å². The van der Waals surface area contributed by atoms with Gasteiger partial charge in [0.2, 0.25) is 0 Å². The summed E-state index contributed by atoms with van der Waals surface area (Å²) in [5.41, 5.74) is 0.693. The summed E-state index contributed by atoms with van der Waals surface area (Å²) >= 11 is 0. The van der Waals surface area contributed by atoms with Crippen molar-refractivity contribution in [1.82, 2.24) is 14.8 Å². The van der Waals surface area contributed by atoms with Gasteiger partial charge in [-0.2, -0.15) is 5.10 Å². The molecule has 0 amide bonds. The molecule has 4 nitrogen and oxygen atoms in total. The molecule has 78 valence electrons. The third-order valence-electron chi connectivity index (χ3n) is 1.85. The average Bonchev–Trinajstić information content (AvgIpc) is 2.62. The second-order valence-electron chi connectivity index (χ2n) is 3.15. The van der Waals surface area contributed by atoms with Gasteiger partial charge in [0.25, 0.3) is 0 Å². The van der Waals surface area contributed by atoms with E-state index in [1.807, 2.05) is 0 Å². The fourth-order valence-corrected chi connectivity index (χ4v) is 1.17. The fraction of sp³-hybridized carbons (Fsp3) is 0.200. The van der Waals surface area contributed by atoms with Crippen molar-refractivity contribution in [2.45, 2.75) is 6.61 Å². The summed E-state index contributed by atoms with van der Waals surface area (Å²) in [4.78, 5) is 3.73. The third kappa shape index (κ3) is 2.52. The molecule has 0 unspecified atom stereocenters. The molecular weight excluding hydrogens is 197 g/mol. The lowest BCUT2D eigenvalue weighted by atomic mass is 10.3. The van der Waals surface area contributed by atoms with Gasteiger partial charge in [-0.1, -0.05) is 0 Å². The first-order valence-electron chi connectivity index (χ1n) is 4.45. The van der Waals surface area contributed by atoms with Crippen LogP contribution in [0.25, 0.3) is 0 Å². The number of aromatic nitrogens is 3. The number of hydrogen-bond donors (Lipinski definition) is 0. The van der Waals surface area contributed by atoms with Crippen LogP contribution in [0.1, 0.15) is 5.56 Å². The van der Waals surface area contributed by atoms with Gasteiger partial charge in [0.05, 0.1) is 18.6 Å². The Morgan fingerprint density at radius 3 is 2.93 bits per heavy atom. The molecule has 2 rings (SSSR count). The van der Waals surface area contributed by atoms with E-state index >= 15 is 0 Å². The van der Waals surface area contributed by atoms with E-state index in [9.17, 15) is 4.39 Å². The number of nitrogens with zero attached hydrogens (tertiary/aromatic N) is 3. The molecular formula is C10H10FN3O. The topological polar surface area (TPSA) is 39.9 Å². The van der Waals surface area contributed by atoms with Crippen molar-refractivity contribution in [3.05, 3.63) is 42.2 Å². The van der Waals surface area contributed by atoms with E-state index in [4.69, 9.17) is 4.74 Å². The Kier molecular flexibility index (Phi) is 2.62. The van der Waals surface area contributed by atoms with Crippen LogP contribution < -0.4 is 4.74 Å².